The molecular formula is C18H20N4O2S. The van der Waals surface area contributed by atoms with E-state index in [1.807, 2.05) is 12.1 Å². The maximum Gasteiger partial charge on any atom is 0.262 e. The van der Waals surface area contributed by atoms with Gasteiger partial charge in [-0.05, 0) is 62.1 Å². The number of benzene rings is 1. The normalized spacial score (nSPS) is 14.8. The molecule has 2 heterocycles. The topological polar surface area (TPSA) is 86.1 Å². The monoisotopic (exact) mass is 356 g/mol. The van der Waals surface area contributed by atoms with Crippen molar-refractivity contribution in [2.75, 3.05) is 22.7 Å². The highest BCUT2D eigenvalue weighted by Crippen LogP contribution is 2.22. The molecule has 130 valence electrons. The molecule has 1 aromatic heterocycles. The number of aromatic nitrogens is 1. The number of piperidine rings is 1. The minimum absolute atomic E-state index is 0.159. The van der Waals surface area contributed by atoms with Crippen LogP contribution in [0.25, 0.3) is 0 Å². The second kappa shape index (κ2) is 7.11. The van der Waals surface area contributed by atoms with Gasteiger partial charge in [0.2, 0.25) is 0 Å². The van der Waals surface area contributed by atoms with E-state index in [-0.39, 0.29) is 4.90 Å². The number of nitrogens with zero attached hydrogens (tertiary/aromatic N) is 3. The van der Waals surface area contributed by atoms with Gasteiger partial charge in [0.25, 0.3) is 10.0 Å². The molecule has 1 aliphatic heterocycles. The summed E-state index contributed by atoms with van der Waals surface area (Å²) in [5, 5.41) is 8.90. The highest BCUT2D eigenvalue weighted by atomic mass is 32.2. The first kappa shape index (κ1) is 17.2. The van der Waals surface area contributed by atoms with E-state index in [0.717, 1.165) is 31.7 Å². The van der Waals surface area contributed by atoms with Crippen LogP contribution in [-0.4, -0.2) is 26.5 Å². The number of rotatable bonds is 4. The summed E-state index contributed by atoms with van der Waals surface area (Å²) in [6.07, 6.45) is 5.11. The van der Waals surface area contributed by atoms with E-state index < -0.39 is 10.0 Å². The number of pyridine rings is 1. The zero-order valence-corrected chi connectivity index (χ0v) is 14.9. The summed E-state index contributed by atoms with van der Waals surface area (Å²) in [5.74, 6) is 0.872. The predicted octanol–water partition coefficient (Wildman–Crippen LogP) is 3.05. The van der Waals surface area contributed by atoms with E-state index >= 15 is 0 Å². The third-order valence-corrected chi connectivity index (χ3v) is 5.82. The summed E-state index contributed by atoms with van der Waals surface area (Å²) in [7, 11) is -3.72. The number of hydrogen-bond acceptors (Lipinski definition) is 5. The van der Waals surface area contributed by atoms with Crippen LogP contribution in [0, 0.1) is 18.3 Å². The van der Waals surface area contributed by atoms with Crippen molar-refractivity contribution in [3.8, 4) is 6.07 Å². The van der Waals surface area contributed by atoms with Crippen LogP contribution in [0.1, 0.15) is 30.4 Å². The van der Waals surface area contributed by atoms with Crippen molar-refractivity contribution in [1.82, 2.24) is 4.98 Å². The van der Waals surface area contributed by atoms with Gasteiger partial charge in [-0.1, -0.05) is 0 Å². The van der Waals surface area contributed by atoms with Gasteiger partial charge in [-0.25, -0.2) is 13.4 Å². The minimum Gasteiger partial charge on any atom is -0.357 e. The molecule has 0 saturated carbocycles. The average Bonchev–Trinajstić information content (AvgIpc) is 2.62. The molecule has 0 unspecified atom stereocenters. The van der Waals surface area contributed by atoms with Crippen molar-refractivity contribution in [3.63, 3.8) is 0 Å². The first-order chi connectivity index (χ1) is 12.0. The van der Waals surface area contributed by atoms with Gasteiger partial charge >= 0.3 is 0 Å². The molecule has 1 aromatic carbocycles. The summed E-state index contributed by atoms with van der Waals surface area (Å²) < 4.78 is 27.7. The van der Waals surface area contributed by atoms with Crippen LogP contribution in [0.2, 0.25) is 0 Å². The third kappa shape index (κ3) is 3.91. The van der Waals surface area contributed by atoms with E-state index in [2.05, 4.69) is 14.6 Å². The van der Waals surface area contributed by atoms with Gasteiger partial charge in [0.1, 0.15) is 5.82 Å². The lowest BCUT2D eigenvalue weighted by molar-refractivity contribution is 0.573. The average molecular weight is 356 g/mol. The molecule has 0 aliphatic carbocycles. The quantitative estimate of drug-likeness (QED) is 0.910. The Hall–Kier alpha value is -2.59. The molecule has 1 saturated heterocycles. The summed E-state index contributed by atoms with van der Waals surface area (Å²) in [4.78, 5) is 6.76. The Morgan fingerprint density at radius 2 is 1.92 bits per heavy atom. The molecule has 0 atom stereocenters. The van der Waals surface area contributed by atoms with Gasteiger partial charge in [-0.3, -0.25) is 4.72 Å². The number of anilines is 2. The number of hydrogen-bond donors (Lipinski definition) is 1. The maximum atomic E-state index is 12.6. The molecular weight excluding hydrogens is 336 g/mol. The Kier molecular flexibility index (Phi) is 4.91. The van der Waals surface area contributed by atoms with Crippen LogP contribution in [0.5, 0.6) is 0 Å². The van der Waals surface area contributed by atoms with Crippen LogP contribution in [0.4, 0.5) is 11.5 Å². The molecule has 7 heteroatoms. The fourth-order valence-electron chi connectivity index (χ4n) is 2.99. The number of sulfonamides is 1. The van der Waals surface area contributed by atoms with Crippen molar-refractivity contribution < 1.29 is 8.42 Å². The second-order valence-electron chi connectivity index (χ2n) is 6.15. The largest absolute Gasteiger partial charge is 0.357 e. The highest BCUT2D eigenvalue weighted by molar-refractivity contribution is 7.92. The zero-order chi connectivity index (χ0) is 17.9. The summed E-state index contributed by atoms with van der Waals surface area (Å²) in [5.41, 5.74) is 1.39. The zero-order valence-electron chi connectivity index (χ0n) is 14.1. The van der Waals surface area contributed by atoms with Crippen LogP contribution in [-0.2, 0) is 10.0 Å². The smallest absolute Gasteiger partial charge is 0.262 e. The van der Waals surface area contributed by atoms with Gasteiger partial charge in [-0.2, -0.15) is 5.26 Å². The van der Waals surface area contributed by atoms with Crippen molar-refractivity contribution in [2.45, 2.75) is 31.1 Å². The predicted molar refractivity (Wildman–Crippen MR) is 97.0 cm³/mol. The van der Waals surface area contributed by atoms with Crippen LogP contribution < -0.4 is 9.62 Å². The van der Waals surface area contributed by atoms with Crippen LogP contribution in [0.3, 0.4) is 0 Å². The van der Waals surface area contributed by atoms with Crippen molar-refractivity contribution in [1.29, 1.82) is 5.26 Å². The van der Waals surface area contributed by atoms with Gasteiger partial charge in [-0.15, -0.1) is 0 Å². The molecule has 0 amide bonds. The van der Waals surface area contributed by atoms with Gasteiger partial charge in [0.15, 0.2) is 0 Å². The number of nitrogens with one attached hydrogen (secondary N) is 1. The fourth-order valence-corrected chi connectivity index (χ4v) is 4.26. The van der Waals surface area contributed by atoms with Crippen molar-refractivity contribution in [3.05, 3.63) is 47.7 Å². The Morgan fingerprint density at radius 3 is 2.52 bits per heavy atom. The first-order valence-corrected chi connectivity index (χ1v) is 9.72. The van der Waals surface area contributed by atoms with E-state index in [9.17, 15) is 8.42 Å². The third-order valence-electron chi connectivity index (χ3n) is 4.27. The Bertz CT molecular complexity index is 896. The Labute approximate surface area is 148 Å². The van der Waals surface area contributed by atoms with E-state index in [4.69, 9.17) is 5.26 Å². The molecule has 1 aliphatic rings. The summed E-state index contributed by atoms with van der Waals surface area (Å²) in [6.45, 7) is 3.65. The number of aryl methyl sites for hydroxylation is 1. The van der Waals surface area contributed by atoms with E-state index in [0.29, 0.717) is 16.8 Å². The van der Waals surface area contributed by atoms with E-state index in [1.165, 1.54) is 18.6 Å². The second-order valence-corrected chi connectivity index (χ2v) is 7.80. The van der Waals surface area contributed by atoms with Gasteiger partial charge < -0.3 is 4.90 Å². The molecule has 25 heavy (non-hydrogen) atoms. The van der Waals surface area contributed by atoms with E-state index in [1.54, 1.807) is 25.3 Å². The number of nitriles is 1. The molecule has 1 fully saturated rings. The molecule has 3 rings (SSSR count). The molecule has 1 N–H and O–H groups in total. The van der Waals surface area contributed by atoms with Crippen LogP contribution in [0.15, 0.2) is 41.4 Å². The lowest BCUT2D eigenvalue weighted by Crippen LogP contribution is -2.30. The summed E-state index contributed by atoms with van der Waals surface area (Å²) in [6, 6.07) is 10.1. The lowest BCUT2D eigenvalue weighted by atomic mass is 10.1. The lowest BCUT2D eigenvalue weighted by Gasteiger charge is -2.27. The first-order valence-electron chi connectivity index (χ1n) is 8.24. The minimum atomic E-state index is -3.72. The standard InChI is InChI=1S/C18H20N4O2S/c1-14-11-15(12-19)5-7-17(14)25(23,24)21-16-6-8-18(20-13-16)22-9-3-2-4-10-22/h5-8,11,13,21H,2-4,9-10H2,1H3. The van der Waals surface area contributed by atoms with Gasteiger partial charge in [0.05, 0.1) is 28.4 Å². The molecule has 2 aromatic rings. The van der Waals surface area contributed by atoms with Crippen LogP contribution >= 0.6 is 0 Å². The maximum absolute atomic E-state index is 12.6. The van der Waals surface area contributed by atoms with Gasteiger partial charge in [0, 0.05) is 13.1 Å². The molecule has 0 bridgehead atoms. The molecule has 0 spiro atoms. The molecule has 0 radical (unpaired) electrons. The Balaban J connectivity index is 1.78. The SMILES string of the molecule is Cc1cc(C#N)ccc1S(=O)(=O)Nc1ccc(N2CCCCC2)nc1. The highest BCUT2D eigenvalue weighted by Gasteiger charge is 2.18. The molecule has 6 nitrogen and oxygen atoms in total. The Morgan fingerprint density at radius 1 is 1.16 bits per heavy atom. The fraction of sp³-hybridized carbons (Fsp3) is 0.333. The van der Waals surface area contributed by atoms with Crippen molar-refractivity contribution >= 4 is 21.5 Å². The van der Waals surface area contributed by atoms with Crippen molar-refractivity contribution in [2.24, 2.45) is 0 Å². The summed E-state index contributed by atoms with van der Waals surface area (Å²) >= 11 is 0.